The lowest BCUT2D eigenvalue weighted by Gasteiger charge is -2.37. The second kappa shape index (κ2) is 14.2. The zero-order chi connectivity index (χ0) is 33.9. The summed E-state index contributed by atoms with van der Waals surface area (Å²) in [5.41, 5.74) is 4.25. The molecule has 4 atom stereocenters. The third-order valence-electron chi connectivity index (χ3n) is 8.09. The normalized spacial score (nSPS) is 26.8. The van der Waals surface area contributed by atoms with Gasteiger partial charge in [-0.1, -0.05) is 62.2 Å². The number of carbonyl (C=O) groups excluding carboxylic acids is 1. The maximum absolute atomic E-state index is 15.7. The Balaban J connectivity index is 0.000000707. The number of carbonyl (C=O) groups is 2. The second-order valence-electron chi connectivity index (χ2n) is 12.6. The van der Waals surface area contributed by atoms with E-state index in [2.05, 4.69) is 16.7 Å². The summed E-state index contributed by atoms with van der Waals surface area (Å²) in [5, 5.41) is 24.5. The highest BCUT2D eigenvalue weighted by atomic mass is 35.5. The molecule has 14 heteroatoms. The molecule has 4 rings (SSSR count). The first-order chi connectivity index (χ1) is 20.8. The second-order valence-corrected chi connectivity index (χ2v) is 13.5. The van der Waals surface area contributed by atoms with E-state index < -0.39 is 47.2 Å². The molecule has 0 aromatic heterocycles. The molecular formula is C31H35Cl2F5N4O3. The standard InChI is InChI=1S/C29H34Cl2F2N4O.C2HF3O2/c1-28(2,3)14-23-29(15-34,20-12-7-16(30)13-22(20)32)24(19-5-4-6-21(31)25(19)33)26(37-23)27(38)36-18-10-8-17(35)9-11-18;3-2(4,5)1(6)7/h4-7,12-13,17-18,23-24,26,37H,8-11,14,35H2,1-3H3,(H,36,38);(H,6,7)/t17?,18?,23-,24-,26+,29-;/m0./s1. The molecule has 1 saturated carbocycles. The summed E-state index contributed by atoms with van der Waals surface area (Å²) in [6, 6.07) is 9.33. The van der Waals surface area contributed by atoms with Gasteiger partial charge in [-0.05, 0) is 61.3 Å². The number of halogens is 7. The van der Waals surface area contributed by atoms with Crippen LogP contribution in [0, 0.1) is 28.4 Å². The average molecular weight is 678 g/mol. The number of nitrogens with one attached hydrogen (secondary N) is 2. The first-order valence-electron chi connectivity index (χ1n) is 14.2. The average Bonchev–Trinajstić information content (AvgIpc) is 3.24. The Hall–Kier alpha value is -2.98. The fraction of sp³-hybridized carbons (Fsp3) is 0.516. The van der Waals surface area contributed by atoms with Crippen molar-refractivity contribution in [2.75, 3.05) is 0 Å². The fourth-order valence-corrected chi connectivity index (χ4v) is 6.45. The molecule has 2 aromatic rings. The summed E-state index contributed by atoms with van der Waals surface area (Å²) in [6.45, 7) is 6.01. The van der Waals surface area contributed by atoms with Gasteiger partial charge >= 0.3 is 12.1 Å². The molecule has 5 N–H and O–H groups in total. The number of rotatable bonds is 5. The number of hydrogen-bond donors (Lipinski definition) is 4. The summed E-state index contributed by atoms with van der Waals surface area (Å²) in [4.78, 5) is 22.8. The predicted molar refractivity (Wildman–Crippen MR) is 160 cm³/mol. The highest BCUT2D eigenvalue weighted by Gasteiger charge is 2.61. The van der Waals surface area contributed by atoms with Gasteiger partial charge in [-0.25, -0.2) is 13.6 Å². The van der Waals surface area contributed by atoms with Crippen molar-refractivity contribution in [3.63, 3.8) is 0 Å². The van der Waals surface area contributed by atoms with E-state index in [1.807, 2.05) is 20.8 Å². The van der Waals surface area contributed by atoms with Gasteiger partial charge in [0, 0.05) is 34.6 Å². The van der Waals surface area contributed by atoms with Crippen LogP contribution in [-0.4, -0.2) is 47.3 Å². The number of benzene rings is 2. The van der Waals surface area contributed by atoms with Gasteiger partial charge in [-0.15, -0.1) is 0 Å². The van der Waals surface area contributed by atoms with Crippen LogP contribution < -0.4 is 16.4 Å². The van der Waals surface area contributed by atoms with Crippen LogP contribution in [0.5, 0.6) is 0 Å². The van der Waals surface area contributed by atoms with Crippen LogP contribution in [-0.2, 0) is 15.0 Å². The minimum absolute atomic E-state index is 0.0643. The Morgan fingerprint density at radius 1 is 1.11 bits per heavy atom. The van der Waals surface area contributed by atoms with Gasteiger partial charge < -0.3 is 21.5 Å². The van der Waals surface area contributed by atoms with Crippen molar-refractivity contribution in [1.29, 1.82) is 5.26 Å². The SMILES string of the molecule is CC(C)(C)C[C@@H]1N[C@@H](C(=O)NC2CCC(N)CC2)[C@H](c2cccc(Cl)c2F)[C@@]1(C#N)c1ccc(Cl)cc1F.O=C(O)C(F)(F)F. The Kier molecular flexibility index (Phi) is 11.5. The van der Waals surface area contributed by atoms with E-state index in [0.717, 1.165) is 31.7 Å². The van der Waals surface area contributed by atoms with Crippen molar-refractivity contribution in [3.8, 4) is 6.07 Å². The smallest absolute Gasteiger partial charge is 0.475 e. The molecule has 0 radical (unpaired) electrons. The van der Waals surface area contributed by atoms with Gasteiger partial charge in [0.1, 0.15) is 17.0 Å². The fourth-order valence-electron chi connectivity index (χ4n) is 6.11. The monoisotopic (exact) mass is 676 g/mol. The maximum Gasteiger partial charge on any atom is 0.490 e. The Bertz CT molecular complexity index is 1440. The molecule has 1 saturated heterocycles. The molecule has 0 spiro atoms. The lowest BCUT2D eigenvalue weighted by atomic mass is 9.62. The highest BCUT2D eigenvalue weighted by Crippen LogP contribution is 2.52. The molecule has 0 bridgehead atoms. The molecule has 1 amide bonds. The molecule has 2 fully saturated rings. The molecule has 0 unspecified atom stereocenters. The summed E-state index contributed by atoms with van der Waals surface area (Å²) in [7, 11) is 0. The number of hydrogen-bond acceptors (Lipinski definition) is 5. The van der Waals surface area contributed by atoms with Crippen LogP contribution in [0.4, 0.5) is 22.0 Å². The van der Waals surface area contributed by atoms with E-state index in [1.54, 1.807) is 6.07 Å². The quantitative estimate of drug-likeness (QED) is 0.264. The van der Waals surface area contributed by atoms with E-state index in [-0.39, 0.29) is 44.6 Å². The van der Waals surface area contributed by atoms with Crippen LogP contribution >= 0.6 is 23.2 Å². The van der Waals surface area contributed by atoms with Crippen molar-refractivity contribution >= 4 is 35.1 Å². The Morgan fingerprint density at radius 2 is 1.71 bits per heavy atom. The molecule has 246 valence electrons. The minimum atomic E-state index is -5.08. The van der Waals surface area contributed by atoms with Gasteiger partial charge in [-0.2, -0.15) is 18.4 Å². The van der Waals surface area contributed by atoms with Crippen molar-refractivity contribution in [2.24, 2.45) is 11.1 Å². The van der Waals surface area contributed by atoms with E-state index in [4.69, 9.17) is 38.8 Å². The maximum atomic E-state index is 15.7. The zero-order valence-corrected chi connectivity index (χ0v) is 26.3. The number of nitrogens with zero attached hydrogens (tertiary/aromatic N) is 1. The van der Waals surface area contributed by atoms with Gasteiger partial charge in [0.15, 0.2) is 0 Å². The van der Waals surface area contributed by atoms with E-state index >= 15 is 8.78 Å². The summed E-state index contributed by atoms with van der Waals surface area (Å²) in [6.07, 6.45) is -1.61. The molecule has 1 heterocycles. The van der Waals surface area contributed by atoms with Gasteiger partial charge in [0.05, 0.1) is 17.1 Å². The van der Waals surface area contributed by atoms with Gasteiger partial charge in [-0.3, -0.25) is 4.79 Å². The number of amides is 1. The lowest BCUT2D eigenvalue weighted by molar-refractivity contribution is -0.192. The molecule has 2 aromatic carbocycles. The highest BCUT2D eigenvalue weighted by molar-refractivity contribution is 6.31. The van der Waals surface area contributed by atoms with Crippen molar-refractivity contribution in [1.82, 2.24) is 10.6 Å². The van der Waals surface area contributed by atoms with Crippen molar-refractivity contribution < 1.29 is 36.6 Å². The summed E-state index contributed by atoms with van der Waals surface area (Å²) in [5.74, 6) is -5.60. The number of carboxylic acids is 1. The van der Waals surface area contributed by atoms with E-state index in [0.29, 0.717) is 6.42 Å². The summed E-state index contributed by atoms with van der Waals surface area (Å²) >= 11 is 12.2. The van der Waals surface area contributed by atoms with E-state index in [9.17, 15) is 23.2 Å². The molecule has 1 aliphatic carbocycles. The molecular weight excluding hydrogens is 642 g/mol. The first kappa shape index (κ1) is 36.5. The van der Waals surface area contributed by atoms with Crippen LogP contribution in [0.25, 0.3) is 0 Å². The minimum Gasteiger partial charge on any atom is -0.475 e. The predicted octanol–water partition coefficient (Wildman–Crippen LogP) is 6.61. The van der Waals surface area contributed by atoms with Crippen LogP contribution in [0.15, 0.2) is 36.4 Å². The van der Waals surface area contributed by atoms with Crippen molar-refractivity contribution in [3.05, 3.63) is 69.2 Å². The van der Waals surface area contributed by atoms with Crippen molar-refractivity contribution in [2.45, 2.75) is 94.6 Å². The van der Waals surface area contributed by atoms with Gasteiger partial charge in [0.2, 0.25) is 5.91 Å². The molecule has 45 heavy (non-hydrogen) atoms. The molecule has 2 aliphatic rings. The summed E-state index contributed by atoms with van der Waals surface area (Å²) < 4.78 is 63.1. The van der Waals surface area contributed by atoms with E-state index in [1.165, 1.54) is 24.3 Å². The topological polar surface area (TPSA) is 128 Å². The first-order valence-corrected chi connectivity index (χ1v) is 15.0. The Labute approximate surface area is 268 Å². The van der Waals surface area contributed by atoms with Crippen LogP contribution in [0.2, 0.25) is 10.0 Å². The number of alkyl halides is 3. The molecule has 1 aliphatic heterocycles. The van der Waals surface area contributed by atoms with Gasteiger partial charge in [0.25, 0.3) is 0 Å². The van der Waals surface area contributed by atoms with Crippen LogP contribution in [0.3, 0.4) is 0 Å². The van der Waals surface area contributed by atoms with Crippen LogP contribution in [0.1, 0.15) is 69.9 Å². The third kappa shape index (κ3) is 8.44. The molecule has 7 nitrogen and oxygen atoms in total. The lowest BCUT2D eigenvalue weighted by Crippen LogP contribution is -2.50. The number of nitrogens with two attached hydrogens (primary N) is 1. The number of aliphatic carboxylic acids is 1. The Morgan fingerprint density at radius 3 is 2.22 bits per heavy atom. The zero-order valence-electron chi connectivity index (χ0n) is 24.8. The number of carboxylic acid groups (broad SMARTS) is 1. The third-order valence-corrected chi connectivity index (χ3v) is 8.62. The number of nitriles is 1. The largest absolute Gasteiger partial charge is 0.490 e.